The van der Waals surface area contributed by atoms with Gasteiger partial charge in [0.1, 0.15) is 23.8 Å². The molecule has 1 aromatic heterocycles. The lowest BCUT2D eigenvalue weighted by Gasteiger charge is -2.17. The van der Waals surface area contributed by atoms with E-state index in [0.717, 1.165) is 0 Å². The summed E-state index contributed by atoms with van der Waals surface area (Å²) in [6.45, 7) is 4.02. The number of amides is 1. The monoisotopic (exact) mass is 432 g/mol. The normalized spacial score (nSPS) is 15.8. The molecule has 1 saturated heterocycles. The molecular formula is C20H20N2O7S. The number of hydrogen-bond acceptors (Lipinski definition) is 6. The molecule has 0 aliphatic carbocycles. The minimum atomic E-state index is -4.06. The van der Waals surface area contributed by atoms with Gasteiger partial charge in [-0.1, -0.05) is 13.8 Å². The highest BCUT2D eigenvalue weighted by atomic mass is 32.2. The minimum absolute atomic E-state index is 0.0585. The van der Waals surface area contributed by atoms with Crippen LogP contribution in [0.25, 0.3) is 21.9 Å². The van der Waals surface area contributed by atoms with E-state index in [2.05, 4.69) is 4.72 Å². The third kappa shape index (κ3) is 3.48. The van der Waals surface area contributed by atoms with Crippen molar-refractivity contribution in [3.63, 3.8) is 0 Å². The number of rotatable bonds is 6. The Bertz CT molecular complexity index is 1260. The van der Waals surface area contributed by atoms with Gasteiger partial charge >= 0.3 is 12.1 Å². The van der Waals surface area contributed by atoms with Gasteiger partial charge in [-0.3, -0.25) is 9.69 Å². The molecule has 4 rings (SSSR count). The van der Waals surface area contributed by atoms with E-state index < -0.39 is 34.0 Å². The van der Waals surface area contributed by atoms with Crippen LogP contribution in [0.2, 0.25) is 0 Å². The molecule has 2 heterocycles. The second-order valence-corrected chi connectivity index (χ2v) is 9.10. The summed E-state index contributed by atoms with van der Waals surface area (Å²) in [7, 11) is -4.06. The van der Waals surface area contributed by atoms with Gasteiger partial charge in [0, 0.05) is 16.8 Å². The number of nitrogens with one attached hydrogen (secondary N) is 1. The smallest absolute Gasteiger partial charge is 0.414 e. The first kappa shape index (κ1) is 20.2. The molecule has 0 bridgehead atoms. The summed E-state index contributed by atoms with van der Waals surface area (Å²) in [5.74, 6) is -1.66. The van der Waals surface area contributed by atoms with Crippen molar-refractivity contribution in [2.24, 2.45) is 5.92 Å². The predicted octanol–water partition coefficient (Wildman–Crippen LogP) is 2.93. The number of aliphatic carboxylic acids is 1. The number of nitrogens with zero attached hydrogens (tertiary/aromatic N) is 1. The highest BCUT2D eigenvalue weighted by Crippen LogP contribution is 2.33. The lowest BCUT2D eigenvalue weighted by Crippen LogP contribution is -2.44. The number of sulfonamides is 1. The van der Waals surface area contributed by atoms with Crippen LogP contribution < -0.4 is 9.62 Å². The van der Waals surface area contributed by atoms with E-state index in [1.54, 1.807) is 32.0 Å². The molecule has 1 fully saturated rings. The summed E-state index contributed by atoms with van der Waals surface area (Å²) in [4.78, 5) is 24.6. The van der Waals surface area contributed by atoms with E-state index in [9.17, 15) is 23.1 Å². The summed E-state index contributed by atoms with van der Waals surface area (Å²) >= 11 is 0. The molecule has 9 nitrogen and oxygen atoms in total. The van der Waals surface area contributed by atoms with Gasteiger partial charge in [0.2, 0.25) is 10.0 Å². The highest BCUT2D eigenvalue weighted by Gasteiger charge is 2.29. The number of cyclic esters (lactones) is 1. The molecule has 0 unspecified atom stereocenters. The van der Waals surface area contributed by atoms with Gasteiger partial charge in [-0.15, -0.1) is 0 Å². The number of fused-ring (bicyclic) bond motifs is 3. The van der Waals surface area contributed by atoms with Crippen LogP contribution in [0, 0.1) is 5.92 Å². The fourth-order valence-electron chi connectivity index (χ4n) is 3.41. The molecule has 158 valence electrons. The molecular weight excluding hydrogens is 412 g/mol. The molecule has 0 radical (unpaired) electrons. The van der Waals surface area contributed by atoms with Gasteiger partial charge in [0.05, 0.1) is 17.1 Å². The summed E-state index contributed by atoms with van der Waals surface area (Å²) < 4.78 is 38.5. The van der Waals surface area contributed by atoms with Crippen molar-refractivity contribution >= 4 is 49.7 Å². The zero-order chi connectivity index (χ0) is 21.6. The van der Waals surface area contributed by atoms with Gasteiger partial charge < -0.3 is 14.3 Å². The largest absolute Gasteiger partial charge is 0.480 e. The Kier molecular flexibility index (Phi) is 4.91. The number of carboxylic acids is 1. The predicted molar refractivity (Wildman–Crippen MR) is 109 cm³/mol. The fourth-order valence-corrected chi connectivity index (χ4v) is 4.78. The molecule has 1 atom stereocenters. The van der Waals surface area contributed by atoms with Crippen LogP contribution in [0.3, 0.4) is 0 Å². The number of ether oxygens (including phenoxy) is 1. The lowest BCUT2D eigenvalue weighted by atomic mass is 10.1. The first-order valence-electron chi connectivity index (χ1n) is 9.33. The van der Waals surface area contributed by atoms with Crippen molar-refractivity contribution in [3.05, 3.63) is 36.4 Å². The van der Waals surface area contributed by atoms with Crippen molar-refractivity contribution in [2.75, 3.05) is 18.1 Å². The van der Waals surface area contributed by atoms with Crippen LogP contribution in [0.4, 0.5) is 10.5 Å². The minimum Gasteiger partial charge on any atom is -0.480 e. The number of furan rings is 1. The molecule has 2 N–H and O–H groups in total. The summed E-state index contributed by atoms with van der Waals surface area (Å²) in [5, 5.41) is 10.5. The number of hydrogen-bond donors (Lipinski definition) is 2. The number of carboxylic acid groups (broad SMARTS) is 1. The maximum Gasteiger partial charge on any atom is 0.414 e. The van der Waals surface area contributed by atoms with E-state index in [4.69, 9.17) is 9.15 Å². The van der Waals surface area contributed by atoms with Gasteiger partial charge in [-0.2, -0.15) is 4.72 Å². The first-order chi connectivity index (χ1) is 14.2. The van der Waals surface area contributed by atoms with Crippen molar-refractivity contribution < 1.29 is 32.3 Å². The third-order valence-corrected chi connectivity index (χ3v) is 6.46. The van der Waals surface area contributed by atoms with Crippen molar-refractivity contribution in [2.45, 2.75) is 24.8 Å². The van der Waals surface area contributed by atoms with E-state index in [1.165, 1.54) is 23.1 Å². The van der Waals surface area contributed by atoms with Crippen LogP contribution >= 0.6 is 0 Å². The maximum absolute atomic E-state index is 12.8. The third-order valence-electron chi connectivity index (χ3n) is 5.02. The molecule has 30 heavy (non-hydrogen) atoms. The summed E-state index contributed by atoms with van der Waals surface area (Å²) in [5.41, 5.74) is 1.60. The van der Waals surface area contributed by atoms with Crippen LogP contribution in [-0.2, 0) is 19.6 Å². The molecule has 1 aliphatic heterocycles. The highest BCUT2D eigenvalue weighted by molar-refractivity contribution is 7.89. The van der Waals surface area contributed by atoms with E-state index in [-0.39, 0.29) is 4.90 Å². The Morgan fingerprint density at radius 3 is 2.53 bits per heavy atom. The summed E-state index contributed by atoms with van der Waals surface area (Å²) in [6, 6.07) is 8.29. The van der Waals surface area contributed by atoms with Gasteiger partial charge in [0.25, 0.3) is 0 Å². The average Bonchev–Trinajstić information content (AvgIpc) is 3.27. The molecule has 1 amide bonds. The Labute approximate surface area is 172 Å². The van der Waals surface area contributed by atoms with Gasteiger partial charge in [0.15, 0.2) is 0 Å². The Balaban J connectivity index is 1.74. The van der Waals surface area contributed by atoms with E-state index in [1.807, 2.05) is 0 Å². The molecule has 0 saturated carbocycles. The average molecular weight is 432 g/mol. The second-order valence-electron chi connectivity index (χ2n) is 7.39. The number of anilines is 1. The van der Waals surface area contributed by atoms with Crippen molar-refractivity contribution in [1.82, 2.24) is 4.72 Å². The van der Waals surface area contributed by atoms with Crippen LogP contribution in [-0.4, -0.2) is 44.8 Å². The van der Waals surface area contributed by atoms with Crippen LogP contribution in [0.5, 0.6) is 0 Å². The summed E-state index contributed by atoms with van der Waals surface area (Å²) in [6.07, 6.45) is -0.428. The maximum atomic E-state index is 12.8. The number of carbonyl (C=O) groups excluding carboxylic acids is 1. The Hall–Kier alpha value is -3.11. The zero-order valence-corrected chi connectivity index (χ0v) is 17.1. The molecule has 1 aliphatic rings. The van der Waals surface area contributed by atoms with Crippen LogP contribution in [0.15, 0.2) is 45.7 Å². The van der Waals surface area contributed by atoms with E-state index in [0.29, 0.717) is 40.8 Å². The molecule has 3 aromatic rings. The van der Waals surface area contributed by atoms with E-state index >= 15 is 0 Å². The van der Waals surface area contributed by atoms with Gasteiger partial charge in [-0.05, 0) is 36.2 Å². The molecule has 0 spiro atoms. The fraction of sp³-hybridized carbons (Fsp3) is 0.300. The standard InChI is InChI=1S/C20H20N2O7S/c1-11(2)18(19(23)24)21-30(26,27)13-4-6-16-15(10-13)14-5-3-12(9-17(14)29-16)22-7-8-28-20(22)25/h3-6,9-11,18,21H,7-8H2,1-2H3,(H,23,24)/t18-/m1/s1. The van der Waals surface area contributed by atoms with Gasteiger partial charge in [-0.25, -0.2) is 13.2 Å². The van der Waals surface area contributed by atoms with Crippen molar-refractivity contribution in [3.8, 4) is 0 Å². The number of carbonyl (C=O) groups is 2. The SMILES string of the molecule is CC(C)[C@@H](NS(=O)(=O)c1ccc2oc3cc(N4CCOC4=O)ccc3c2c1)C(=O)O. The van der Waals surface area contributed by atoms with Crippen LogP contribution in [0.1, 0.15) is 13.8 Å². The Morgan fingerprint density at radius 1 is 1.13 bits per heavy atom. The molecule has 10 heteroatoms. The molecule has 2 aromatic carbocycles. The second kappa shape index (κ2) is 7.29. The quantitative estimate of drug-likeness (QED) is 0.613. The number of benzene rings is 2. The lowest BCUT2D eigenvalue weighted by molar-refractivity contribution is -0.140. The first-order valence-corrected chi connectivity index (χ1v) is 10.8. The van der Waals surface area contributed by atoms with Crippen molar-refractivity contribution in [1.29, 1.82) is 0 Å². The topological polar surface area (TPSA) is 126 Å². The zero-order valence-electron chi connectivity index (χ0n) is 16.3. The Morgan fingerprint density at radius 2 is 1.90 bits per heavy atom.